The number of carbonyl (C=O) groups is 1. The summed E-state index contributed by atoms with van der Waals surface area (Å²) in [6.07, 6.45) is 3.63. The molecule has 1 unspecified atom stereocenters. The number of aryl methyl sites for hydroxylation is 2. The van der Waals surface area contributed by atoms with Crippen LogP contribution in [0.4, 0.5) is 5.82 Å². The molecule has 4 heterocycles. The van der Waals surface area contributed by atoms with Gasteiger partial charge >= 0.3 is 0 Å². The number of aromatic nitrogens is 4. The normalized spacial score (nSPS) is 11.8. The van der Waals surface area contributed by atoms with Crippen molar-refractivity contribution in [2.75, 3.05) is 12.4 Å². The number of pyridine rings is 3. The van der Waals surface area contributed by atoms with E-state index < -0.39 is 0 Å². The van der Waals surface area contributed by atoms with Crippen molar-refractivity contribution >= 4 is 28.1 Å². The molecule has 1 aromatic carbocycles. The monoisotopic (exact) mass is 474 g/mol. The second-order valence-electron chi connectivity index (χ2n) is 8.71. The van der Waals surface area contributed by atoms with E-state index in [1.54, 1.807) is 20.2 Å². The second kappa shape index (κ2) is 9.61. The maximum atomic E-state index is 12.6. The SMILES string of the molecule is CNC(C)C(=O)Nc1cc(-c2cnc3cccc(C)n23)cc(C#Cc2ccc3c(C)nccc3c2)n1. The predicted octanol–water partition coefficient (Wildman–Crippen LogP) is 4.51. The van der Waals surface area contributed by atoms with Gasteiger partial charge in [0.2, 0.25) is 5.91 Å². The number of nitrogens with one attached hydrogen (secondary N) is 2. The molecule has 178 valence electrons. The van der Waals surface area contributed by atoms with Gasteiger partial charge in [0.15, 0.2) is 0 Å². The number of carbonyl (C=O) groups excluding carboxylic acids is 1. The first-order chi connectivity index (χ1) is 17.4. The van der Waals surface area contributed by atoms with Crippen LogP contribution in [-0.4, -0.2) is 38.3 Å². The lowest BCUT2D eigenvalue weighted by Gasteiger charge is -2.12. The van der Waals surface area contributed by atoms with E-state index in [2.05, 4.69) is 41.8 Å². The summed E-state index contributed by atoms with van der Waals surface area (Å²) in [4.78, 5) is 26.1. The third-order valence-corrected chi connectivity index (χ3v) is 6.22. The first kappa shape index (κ1) is 23.2. The Morgan fingerprint density at radius 1 is 1.03 bits per heavy atom. The Hall–Kier alpha value is -4.54. The summed E-state index contributed by atoms with van der Waals surface area (Å²) in [7, 11) is 1.74. The van der Waals surface area contributed by atoms with Crippen molar-refractivity contribution in [3.8, 4) is 23.1 Å². The number of anilines is 1. The van der Waals surface area contributed by atoms with Crippen molar-refractivity contribution < 1.29 is 4.79 Å². The highest BCUT2D eigenvalue weighted by molar-refractivity contribution is 5.94. The molecular formula is C29H26N6O. The maximum absolute atomic E-state index is 12.6. The summed E-state index contributed by atoms with van der Waals surface area (Å²) in [6, 6.07) is 17.5. The fourth-order valence-corrected chi connectivity index (χ4v) is 4.12. The van der Waals surface area contributed by atoms with Crippen molar-refractivity contribution in [3.63, 3.8) is 0 Å². The van der Waals surface area contributed by atoms with Gasteiger partial charge in [-0.1, -0.05) is 18.1 Å². The van der Waals surface area contributed by atoms with Crippen molar-refractivity contribution in [1.29, 1.82) is 0 Å². The van der Waals surface area contributed by atoms with Gasteiger partial charge in [0.1, 0.15) is 17.2 Å². The minimum absolute atomic E-state index is 0.172. The van der Waals surface area contributed by atoms with Gasteiger partial charge in [0.05, 0.1) is 17.9 Å². The van der Waals surface area contributed by atoms with E-state index in [0.29, 0.717) is 11.5 Å². The number of fused-ring (bicyclic) bond motifs is 2. The molecule has 0 fully saturated rings. The molecule has 4 aromatic heterocycles. The van der Waals surface area contributed by atoms with Crippen molar-refractivity contribution in [1.82, 2.24) is 24.7 Å². The lowest BCUT2D eigenvalue weighted by atomic mass is 10.1. The van der Waals surface area contributed by atoms with Gasteiger partial charge in [-0.2, -0.15) is 0 Å². The number of imidazole rings is 1. The fourth-order valence-electron chi connectivity index (χ4n) is 4.12. The molecule has 0 aliphatic rings. The quantitative estimate of drug-likeness (QED) is 0.375. The summed E-state index contributed by atoms with van der Waals surface area (Å²) in [6.45, 7) is 5.83. The summed E-state index contributed by atoms with van der Waals surface area (Å²) < 4.78 is 2.08. The largest absolute Gasteiger partial charge is 0.309 e. The summed E-state index contributed by atoms with van der Waals surface area (Å²) in [5, 5.41) is 8.06. The van der Waals surface area contributed by atoms with Crippen molar-refractivity contribution in [3.05, 3.63) is 89.6 Å². The standard InChI is InChI=1S/C29H26N6O/c1-18-6-5-7-28-32-17-26(35(18)28)23-15-24(33-27(16-23)34-29(36)20(3)30-4)10-8-21-9-11-25-19(2)31-13-12-22(25)14-21/h5-7,9,11-17,20,30H,1-4H3,(H,33,34,36). The highest BCUT2D eigenvalue weighted by Gasteiger charge is 2.14. The minimum atomic E-state index is -0.362. The van der Waals surface area contributed by atoms with E-state index in [9.17, 15) is 4.79 Å². The number of nitrogens with zero attached hydrogens (tertiary/aromatic N) is 4. The van der Waals surface area contributed by atoms with Crippen LogP contribution in [0.5, 0.6) is 0 Å². The van der Waals surface area contributed by atoms with Gasteiger partial charge in [-0.3, -0.25) is 14.2 Å². The highest BCUT2D eigenvalue weighted by Crippen LogP contribution is 2.25. The van der Waals surface area contributed by atoms with E-state index >= 15 is 0 Å². The van der Waals surface area contributed by atoms with Gasteiger partial charge < -0.3 is 10.6 Å². The molecule has 7 heteroatoms. The van der Waals surface area contributed by atoms with E-state index in [1.165, 1.54) is 0 Å². The Morgan fingerprint density at radius 2 is 1.89 bits per heavy atom. The van der Waals surface area contributed by atoms with Crippen molar-refractivity contribution in [2.45, 2.75) is 26.8 Å². The molecular weight excluding hydrogens is 448 g/mol. The van der Waals surface area contributed by atoms with Gasteiger partial charge in [-0.25, -0.2) is 9.97 Å². The van der Waals surface area contributed by atoms with Gasteiger partial charge in [0, 0.05) is 34.1 Å². The molecule has 0 saturated carbocycles. The lowest BCUT2D eigenvalue weighted by molar-refractivity contribution is -0.117. The Labute approximate surface area is 209 Å². The third-order valence-electron chi connectivity index (χ3n) is 6.22. The van der Waals surface area contributed by atoms with Gasteiger partial charge in [-0.05, 0) is 81.6 Å². The summed E-state index contributed by atoms with van der Waals surface area (Å²) in [5.41, 5.74) is 6.09. The second-order valence-corrected chi connectivity index (χ2v) is 8.71. The number of benzene rings is 1. The van der Waals surface area contributed by atoms with Gasteiger partial charge in [0.25, 0.3) is 0 Å². The third kappa shape index (κ3) is 4.54. The molecule has 5 aromatic rings. The molecule has 1 amide bonds. The average molecular weight is 475 g/mol. The Bertz CT molecular complexity index is 1670. The number of hydrogen-bond acceptors (Lipinski definition) is 5. The number of likely N-dealkylation sites (N-methyl/N-ethyl adjacent to an activating group) is 1. The molecule has 2 N–H and O–H groups in total. The molecule has 1 atom stereocenters. The zero-order chi connectivity index (χ0) is 25.2. The van der Waals surface area contributed by atoms with E-state index in [1.807, 2.05) is 74.6 Å². The van der Waals surface area contributed by atoms with E-state index in [0.717, 1.165) is 44.6 Å². The van der Waals surface area contributed by atoms with Crippen LogP contribution in [0.25, 0.3) is 27.7 Å². The van der Waals surface area contributed by atoms with Crippen LogP contribution in [-0.2, 0) is 4.79 Å². The molecule has 5 rings (SSSR count). The smallest absolute Gasteiger partial charge is 0.242 e. The molecule has 0 spiro atoms. The van der Waals surface area contributed by atoms with Crippen LogP contribution in [0.2, 0.25) is 0 Å². The molecule has 36 heavy (non-hydrogen) atoms. The van der Waals surface area contributed by atoms with Crippen LogP contribution >= 0.6 is 0 Å². The van der Waals surface area contributed by atoms with Crippen molar-refractivity contribution in [2.24, 2.45) is 0 Å². The van der Waals surface area contributed by atoms with E-state index in [-0.39, 0.29) is 11.9 Å². The van der Waals surface area contributed by atoms with Crippen LogP contribution in [0.3, 0.4) is 0 Å². The molecule has 0 saturated heterocycles. The number of rotatable bonds is 4. The van der Waals surface area contributed by atoms with Crippen LogP contribution in [0.1, 0.15) is 29.6 Å². The van der Waals surface area contributed by atoms with Crippen LogP contribution in [0.15, 0.2) is 67.0 Å². The minimum Gasteiger partial charge on any atom is -0.309 e. The number of hydrogen-bond donors (Lipinski definition) is 2. The zero-order valence-corrected chi connectivity index (χ0v) is 20.6. The topological polar surface area (TPSA) is 84.2 Å². The van der Waals surface area contributed by atoms with Crippen LogP contribution < -0.4 is 10.6 Å². The summed E-state index contributed by atoms with van der Waals surface area (Å²) in [5.74, 6) is 6.68. The Kier molecular flexibility index (Phi) is 6.19. The average Bonchev–Trinajstić information content (AvgIpc) is 3.32. The Morgan fingerprint density at radius 3 is 2.72 bits per heavy atom. The molecule has 0 radical (unpaired) electrons. The Balaban J connectivity index is 1.59. The molecule has 0 bridgehead atoms. The lowest BCUT2D eigenvalue weighted by Crippen LogP contribution is -2.35. The molecule has 7 nitrogen and oxygen atoms in total. The maximum Gasteiger partial charge on any atom is 0.242 e. The zero-order valence-electron chi connectivity index (χ0n) is 20.6. The highest BCUT2D eigenvalue weighted by atomic mass is 16.2. The first-order valence-electron chi connectivity index (χ1n) is 11.7. The molecule has 0 aliphatic heterocycles. The number of amides is 1. The predicted molar refractivity (Wildman–Crippen MR) is 143 cm³/mol. The first-order valence-corrected chi connectivity index (χ1v) is 11.7. The van der Waals surface area contributed by atoms with E-state index in [4.69, 9.17) is 0 Å². The molecule has 0 aliphatic carbocycles. The van der Waals surface area contributed by atoms with Gasteiger partial charge in [-0.15, -0.1) is 0 Å². The van der Waals surface area contributed by atoms with Crippen LogP contribution in [0, 0.1) is 25.7 Å². The fraction of sp³-hybridized carbons (Fsp3) is 0.172. The summed E-state index contributed by atoms with van der Waals surface area (Å²) >= 11 is 0.